The molecule has 2 heterocycles. The van der Waals surface area contributed by atoms with Gasteiger partial charge < -0.3 is 10.2 Å². The predicted octanol–water partition coefficient (Wildman–Crippen LogP) is 2.81. The molecule has 1 saturated heterocycles. The largest absolute Gasteiger partial charge is 0.369 e. The molecule has 1 N–H and O–H groups in total. The summed E-state index contributed by atoms with van der Waals surface area (Å²) >= 11 is 0. The molecule has 0 atom stereocenters. The summed E-state index contributed by atoms with van der Waals surface area (Å²) in [5, 5.41) is 3.58. The standard InChI is InChI=1S/C26H33N5O2/c1-21-8-7-11-23-25(21)28-20-31(26(23)33)15-12-24(32)27-13-5-6-14-29-16-18-30(19-17-29)22-9-3-2-4-10-22/h2-4,7-11,20H,5-6,12-19H2,1H3,(H,27,32). The van der Waals surface area contributed by atoms with E-state index in [0.29, 0.717) is 18.5 Å². The molecule has 0 radical (unpaired) electrons. The third-order valence-corrected chi connectivity index (χ3v) is 6.35. The van der Waals surface area contributed by atoms with E-state index in [1.165, 1.54) is 10.3 Å². The average molecular weight is 448 g/mol. The first-order valence-electron chi connectivity index (χ1n) is 11.9. The Hall–Kier alpha value is -3.19. The summed E-state index contributed by atoms with van der Waals surface area (Å²) in [5.41, 5.74) is 2.91. The molecular weight excluding hydrogens is 414 g/mol. The topological polar surface area (TPSA) is 70.5 Å². The predicted molar refractivity (Wildman–Crippen MR) is 133 cm³/mol. The van der Waals surface area contributed by atoms with Crippen LogP contribution in [0.25, 0.3) is 10.9 Å². The quantitative estimate of drug-likeness (QED) is 0.511. The first-order chi connectivity index (χ1) is 16.1. The van der Waals surface area contributed by atoms with E-state index >= 15 is 0 Å². The molecule has 0 bridgehead atoms. The van der Waals surface area contributed by atoms with Crippen molar-refractivity contribution in [2.45, 2.75) is 32.7 Å². The van der Waals surface area contributed by atoms with E-state index in [2.05, 4.69) is 50.4 Å². The van der Waals surface area contributed by atoms with Crippen LogP contribution in [-0.4, -0.2) is 59.6 Å². The highest BCUT2D eigenvalue weighted by atomic mass is 16.1. The molecule has 7 heteroatoms. The second-order valence-electron chi connectivity index (χ2n) is 8.69. The number of unbranched alkanes of at least 4 members (excludes halogenated alkanes) is 1. The minimum atomic E-state index is -0.0936. The van der Waals surface area contributed by atoms with Crippen LogP contribution in [-0.2, 0) is 11.3 Å². The fourth-order valence-corrected chi connectivity index (χ4v) is 4.36. The number of rotatable bonds is 9. The Morgan fingerprint density at radius 1 is 0.970 bits per heavy atom. The number of hydrogen-bond acceptors (Lipinski definition) is 5. The molecule has 33 heavy (non-hydrogen) atoms. The van der Waals surface area contributed by atoms with E-state index in [0.717, 1.165) is 56.6 Å². The SMILES string of the molecule is Cc1cccc2c(=O)n(CCC(=O)NCCCCN3CCN(c4ccccc4)CC3)cnc12. The Morgan fingerprint density at radius 3 is 2.55 bits per heavy atom. The highest BCUT2D eigenvalue weighted by Crippen LogP contribution is 2.15. The molecule has 0 spiro atoms. The van der Waals surface area contributed by atoms with Crippen molar-refractivity contribution in [3.8, 4) is 0 Å². The van der Waals surface area contributed by atoms with E-state index in [4.69, 9.17) is 0 Å². The molecule has 7 nitrogen and oxygen atoms in total. The van der Waals surface area contributed by atoms with Crippen LogP contribution in [0.5, 0.6) is 0 Å². The number of para-hydroxylation sites is 2. The molecule has 0 saturated carbocycles. The van der Waals surface area contributed by atoms with Crippen LogP contribution in [0.15, 0.2) is 59.7 Å². The zero-order chi connectivity index (χ0) is 23.0. The van der Waals surface area contributed by atoms with Crippen molar-refractivity contribution in [3.63, 3.8) is 0 Å². The van der Waals surface area contributed by atoms with Gasteiger partial charge in [-0.1, -0.05) is 30.3 Å². The minimum Gasteiger partial charge on any atom is -0.369 e. The average Bonchev–Trinajstić information content (AvgIpc) is 2.85. The van der Waals surface area contributed by atoms with Crippen molar-refractivity contribution in [1.29, 1.82) is 0 Å². The van der Waals surface area contributed by atoms with Crippen LogP contribution in [0, 0.1) is 6.92 Å². The third-order valence-electron chi connectivity index (χ3n) is 6.35. The maximum atomic E-state index is 12.6. The van der Waals surface area contributed by atoms with Crippen LogP contribution in [0.1, 0.15) is 24.8 Å². The molecule has 2 aromatic carbocycles. The van der Waals surface area contributed by atoms with Crippen molar-refractivity contribution >= 4 is 22.5 Å². The first-order valence-corrected chi connectivity index (χ1v) is 11.9. The zero-order valence-electron chi connectivity index (χ0n) is 19.4. The summed E-state index contributed by atoms with van der Waals surface area (Å²) < 4.78 is 1.52. The summed E-state index contributed by atoms with van der Waals surface area (Å²) in [4.78, 5) is 34.2. The fourth-order valence-electron chi connectivity index (χ4n) is 4.36. The molecule has 0 aliphatic carbocycles. The van der Waals surface area contributed by atoms with Gasteiger partial charge in [0.25, 0.3) is 5.56 Å². The Balaban J connectivity index is 1.12. The van der Waals surface area contributed by atoms with Crippen molar-refractivity contribution in [2.24, 2.45) is 0 Å². The van der Waals surface area contributed by atoms with Gasteiger partial charge in [0.05, 0.1) is 17.2 Å². The normalized spacial score (nSPS) is 14.5. The Bertz CT molecular complexity index is 1120. The Kier molecular flexibility index (Phi) is 7.73. The van der Waals surface area contributed by atoms with E-state index < -0.39 is 0 Å². The number of aromatic nitrogens is 2. The van der Waals surface area contributed by atoms with Gasteiger partial charge in [-0.15, -0.1) is 0 Å². The van der Waals surface area contributed by atoms with Crippen LogP contribution >= 0.6 is 0 Å². The number of amides is 1. The Morgan fingerprint density at radius 2 is 1.76 bits per heavy atom. The molecular formula is C26H33N5O2. The van der Waals surface area contributed by atoms with Gasteiger partial charge in [-0.25, -0.2) is 4.98 Å². The number of aryl methyl sites for hydroxylation is 2. The van der Waals surface area contributed by atoms with Gasteiger partial charge in [0.1, 0.15) is 0 Å². The lowest BCUT2D eigenvalue weighted by Crippen LogP contribution is -2.46. The molecule has 1 aromatic heterocycles. The minimum absolute atomic E-state index is 0.0253. The van der Waals surface area contributed by atoms with Crippen LogP contribution in [0.2, 0.25) is 0 Å². The monoisotopic (exact) mass is 447 g/mol. The van der Waals surface area contributed by atoms with Gasteiger partial charge >= 0.3 is 0 Å². The summed E-state index contributed by atoms with van der Waals surface area (Å²) in [6.07, 6.45) is 3.85. The number of carbonyl (C=O) groups is 1. The van der Waals surface area contributed by atoms with E-state index in [1.54, 1.807) is 12.4 Å². The number of fused-ring (bicyclic) bond motifs is 1. The van der Waals surface area contributed by atoms with E-state index in [9.17, 15) is 9.59 Å². The number of carbonyl (C=O) groups excluding carboxylic acids is 1. The van der Waals surface area contributed by atoms with Crippen LogP contribution in [0.4, 0.5) is 5.69 Å². The van der Waals surface area contributed by atoms with Gasteiger partial charge in [-0.3, -0.25) is 19.1 Å². The summed E-state index contributed by atoms with van der Waals surface area (Å²) in [7, 11) is 0. The zero-order valence-corrected chi connectivity index (χ0v) is 19.4. The first kappa shape index (κ1) is 23.0. The van der Waals surface area contributed by atoms with Gasteiger partial charge in [0, 0.05) is 51.4 Å². The smallest absolute Gasteiger partial charge is 0.261 e. The molecule has 1 fully saturated rings. The van der Waals surface area contributed by atoms with Gasteiger partial charge in [-0.05, 0) is 50.1 Å². The second-order valence-corrected chi connectivity index (χ2v) is 8.69. The molecule has 1 amide bonds. The van der Waals surface area contributed by atoms with Gasteiger partial charge in [0.15, 0.2) is 0 Å². The maximum Gasteiger partial charge on any atom is 0.261 e. The fraction of sp³-hybridized carbons (Fsp3) is 0.423. The lowest BCUT2D eigenvalue weighted by molar-refractivity contribution is -0.121. The van der Waals surface area contributed by atoms with Crippen molar-refractivity contribution in [3.05, 3.63) is 70.8 Å². The van der Waals surface area contributed by atoms with Crippen LogP contribution < -0.4 is 15.8 Å². The van der Waals surface area contributed by atoms with Crippen molar-refractivity contribution in [1.82, 2.24) is 19.8 Å². The van der Waals surface area contributed by atoms with Gasteiger partial charge in [0.2, 0.25) is 5.91 Å². The van der Waals surface area contributed by atoms with E-state index in [1.807, 2.05) is 19.1 Å². The van der Waals surface area contributed by atoms with E-state index in [-0.39, 0.29) is 17.9 Å². The lowest BCUT2D eigenvalue weighted by Gasteiger charge is -2.36. The molecule has 174 valence electrons. The molecule has 1 aliphatic rings. The molecule has 4 rings (SSSR count). The number of benzene rings is 2. The van der Waals surface area contributed by atoms with Crippen molar-refractivity contribution < 1.29 is 4.79 Å². The summed E-state index contributed by atoms with van der Waals surface area (Å²) in [5.74, 6) is -0.0253. The Labute approximate surface area is 195 Å². The van der Waals surface area contributed by atoms with Crippen LogP contribution in [0.3, 0.4) is 0 Å². The molecule has 3 aromatic rings. The third kappa shape index (κ3) is 5.99. The second kappa shape index (κ2) is 11.1. The summed E-state index contributed by atoms with van der Waals surface area (Å²) in [6.45, 7) is 8.30. The number of piperazine rings is 1. The highest BCUT2D eigenvalue weighted by molar-refractivity contribution is 5.80. The molecule has 0 unspecified atom stereocenters. The van der Waals surface area contributed by atoms with Gasteiger partial charge in [-0.2, -0.15) is 0 Å². The van der Waals surface area contributed by atoms with Crippen molar-refractivity contribution in [2.75, 3.05) is 44.2 Å². The summed E-state index contributed by atoms with van der Waals surface area (Å²) in [6, 6.07) is 16.2. The number of nitrogens with zero attached hydrogens (tertiary/aromatic N) is 4. The molecule has 1 aliphatic heterocycles. The highest BCUT2D eigenvalue weighted by Gasteiger charge is 2.16. The maximum absolute atomic E-state index is 12.6. The number of nitrogens with one attached hydrogen (secondary N) is 1. The number of hydrogen-bond donors (Lipinski definition) is 1. The number of anilines is 1. The lowest BCUT2D eigenvalue weighted by atomic mass is 10.1.